The quantitative estimate of drug-likeness (QED) is 0.738. The minimum absolute atomic E-state index is 0.617. The van der Waals surface area contributed by atoms with Gasteiger partial charge in [0.15, 0.2) is 0 Å². The third kappa shape index (κ3) is 2.43. The van der Waals surface area contributed by atoms with Gasteiger partial charge in [-0.3, -0.25) is 0 Å². The molecule has 2 aromatic heterocycles. The van der Waals surface area contributed by atoms with Crippen LogP contribution < -0.4 is 4.90 Å². The Morgan fingerprint density at radius 3 is 2.72 bits per heavy atom. The molecule has 0 spiro atoms. The number of hydrogen-bond acceptors (Lipinski definition) is 5. The van der Waals surface area contributed by atoms with Gasteiger partial charge in [0, 0.05) is 24.2 Å². The minimum atomic E-state index is 0.617. The molecule has 3 heterocycles. The van der Waals surface area contributed by atoms with Crippen molar-refractivity contribution in [1.29, 1.82) is 5.26 Å². The molecule has 124 valence electrons. The van der Waals surface area contributed by atoms with Gasteiger partial charge in [-0.25, -0.2) is 0 Å². The van der Waals surface area contributed by atoms with Gasteiger partial charge in [0.1, 0.15) is 12.1 Å². The topological polar surface area (TPSA) is 70.1 Å². The number of rotatable bonds is 3. The Morgan fingerprint density at radius 2 is 1.96 bits per heavy atom. The second kappa shape index (κ2) is 5.55. The van der Waals surface area contributed by atoms with Gasteiger partial charge in [-0.2, -0.15) is 24.8 Å². The lowest BCUT2D eigenvalue weighted by Gasteiger charge is -2.26. The third-order valence-electron chi connectivity index (χ3n) is 5.31. The Morgan fingerprint density at radius 1 is 1.12 bits per heavy atom. The SMILES string of the molecule is N#Cc1ccc(-c2cc(N3CCCC3C3CC3)nc3ncnn23)cc1. The predicted molar refractivity (Wildman–Crippen MR) is 94.0 cm³/mol. The van der Waals surface area contributed by atoms with Gasteiger partial charge in [0.25, 0.3) is 5.78 Å². The van der Waals surface area contributed by atoms with Gasteiger partial charge in [-0.15, -0.1) is 0 Å². The molecule has 0 radical (unpaired) electrons. The van der Waals surface area contributed by atoms with Crippen molar-refractivity contribution >= 4 is 11.6 Å². The summed E-state index contributed by atoms with van der Waals surface area (Å²) in [4.78, 5) is 11.5. The summed E-state index contributed by atoms with van der Waals surface area (Å²) in [5.74, 6) is 2.45. The minimum Gasteiger partial charge on any atom is -0.353 e. The molecule has 6 heteroatoms. The summed E-state index contributed by atoms with van der Waals surface area (Å²) in [6.07, 6.45) is 6.72. The maximum absolute atomic E-state index is 9.02. The normalized spacial score (nSPS) is 20.1. The molecule has 6 nitrogen and oxygen atoms in total. The van der Waals surface area contributed by atoms with Crippen LogP contribution in [0.1, 0.15) is 31.2 Å². The zero-order valence-electron chi connectivity index (χ0n) is 13.8. The molecule has 0 bridgehead atoms. The summed E-state index contributed by atoms with van der Waals surface area (Å²) in [7, 11) is 0. The first-order valence-electron chi connectivity index (χ1n) is 8.81. The van der Waals surface area contributed by atoms with Crippen molar-refractivity contribution in [2.24, 2.45) is 5.92 Å². The molecule has 1 aliphatic heterocycles. The van der Waals surface area contributed by atoms with Gasteiger partial charge in [-0.05, 0) is 43.7 Å². The molecule has 0 N–H and O–H groups in total. The maximum Gasteiger partial charge on any atom is 0.254 e. The highest BCUT2D eigenvalue weighted by Gasteiger charge is 2.38. The van der Waals surface area contributed by atoms with Crippen molar-refractivity contribution in [2.45, 2.75) is 31.7 Å². The first kappa shape index (κ1) is 14.4. The molecular formula is C19H18N6. The number of hydrogen-bond donors (Lipinski definition) is 0. The Bertz CT molecular complexity index is 964. The summed E-state index contributed by atoms with van der Waals surface area (Å²) < 4.78 is 1.77. The van der Waals surface area contributed by atoms with E-state index in [1.807, 2.05) is 24.3 Å². The Kier molecular flexibility index (Phi) is 3.20. The number of nitriles is 1. The summed E-state index contributed by atoms with van der Waals surface area (Å²) >= 11 is 0. The van der Waals surface area contributed by atoms with Crippen LogP contribution in [0.5, 0.6) is 0 Å². The van der Waals surface area contributed by atoms with Crippen LogP contribution in [0.25, 0.3) is 17.0 Å². The largest absolute Gasteiger partial charge is 0.353 e. The zero-order chi connectivity index (χ0) is 16.8. The van der Waals surface area contributed by atoms with E-state index in [0.29, 0.717) is 17.4 Å². The van der Waals surface area contributed by atoms with Crippen molar-refractivity contribution in [3.63, 3.8) is 0 Å². The number of anilines is 1. The Balaban J connectivity index is 1.62. The molecule has 5 rings (SSSR count). The van der Waals surface area contributed by atoms with E-state index in [-0.39, 0.29) is 0 Å². The van der Waals surface area contributed by atoms with Crippen LogP contribution in [-0.4, -0.2) is 32.2 Å². The first-order chi connectivity index (χ1) is 12.3. The average molecular weight is 330 g/mol. The Labute approximate surface area is 145 Å². The standard InChI is InChI=1S/C19H18N6/c20-11-13-3-5-15(6-4-13)17-10-18(23-19-21-12-22-25(17)19)24-9-1-2-16(24)14-7-8-14/h3-6,10,12,14,16H,1-2,7-9H2. The number of fused-ring (bicyclic) bond motifs is 1. The fourth-order valence-electron chi connectivity index (χ4n) is 3.92. The van der Waals surface area contributed by atoms with E-state index in [1.165, 1.54) is 25.7 Å². The smallest absolute Gasteiger partial charge is 0.254 e. The zero-order valence-corrected chi connectivity index (χ0v) is 13.8. The molecule has 1 atom stereocenters. The summed E-state index contributed by atoms with van der Waals surface area (Å²) in [5, 5.41) is 13.3. The van der Waals surface area contributed by atoms with Crippen molar-refractivity contribution in [2.75, 3.05) is 11.4 Å². The van der Waals surface area contributed by atoms with E-state index in [2.05, 4.69) is 27.1 Å². The second-order valence-corrected chi connectivity index (χ2v) is 6.90. The lowest BCUT2D eigenvalue weighted by atomic mass is 10.1. The van der Waals surface area contributed by atoms with Crippen LogP contribution in [0.15, 0.2) is 36.7 Å². The van der Waals surface area contributed by atoms with E-state index in [4.69, 9.17) is 10.2 Å². The van der Waals surface area contributed by atoms with Gasteiger partial charge in [0.2, 0.25) is 0 Å². The third-order valence-corrected chi connectivity index (χ3v) is 5.31. The number of aromatic nitrogens is 4. The molecular weight excluding hydrogens is 312 g/mol. The molecule has 1 saturated heterocycles. The maximum atomic E-state index is 9.02. The predicted octanol–water partition coefficient (Wildman–Crippen LogP) is 3.04. The van der Waals surface area contributed by atoms with Crippen molar-refractivity contribution < 1.29 is 0 Å². The molecule has 0 amide bonds. The van der Waals surface area contributed by atoms with Crippen LogP contribution in [0.2, 0.25) is 0 Å². The van der Waals surface area contributed by atoms with E-state index in [1.54, 1.807) is 10.8 Å². The molecule has 25 heavy (non-hydrogen) atoms. The van der Waals surface area contributed by atoms with E-state index >= 15 is 0 Å². The number of benzene rings is 1. The van der Waals surface area contributed by atoms with Crippen molar-refractivity contribution in [1.82, 2.24) is 19.6 Å². The highest BCUT2D eigenvalue weighted by atomic mass is 15.3. The van der Waals surface area contributed by atoms with Gasteiger partial charge < -0.3 is 4.90 Å². The average Bonchev–Trinajstić information content (AvgIpc) is 3.19. The van der Waals surface area contributed by atoms with E-state index in [0.717, 1.165) is 29.5 Å². The molecule has 1 saturated carbocycles. The summed E-state index contributed by atoms with van der Waals surface area (Å²) in [5.41, 5.74) is 2.63. The monoisotopic (exact) mass is 330 g/mol. The lowest BCUT2D eigenvalue weighted by Crippen LogP contribution is -2.31. The summed E-state index contributed by atoms with van der Waals surface area (Å²) in [6.45, 7) is 1.06. The molecule has 1 aliphatic carbocycles. The van der Waals surface area contributed by atoms with Crippen LogP contribution in [-0.2, 0) is 0 Å². The van der Waals surface area contributed by atoms with Crippen LogP contribution in [0.3, 0.4) is 0 Å². The van der Waals surface area contributed by atoms with Gasteiger partial charge >= 0.3 is 0 Å². The lowest BCUT2D eigenvalue weighted by molar-refractivity contribution is 0.588. The fourth-order valence-corrected chi connectivity index (χ4v) is 3.92. The highest BCUT2D eigenvalue weighted by molar-refractivity contribution is 5.67. The molecule has 1 aromatic carbocycles. The highest BCUT2D eigenvalue weighted by Crippen LogP contribution is 2.42. The molecule has 2 fully saturated rings. The summed E-state index contributed by atoms with van der Waals surface area (Å²) in [6, 6.07) is 12.5. The van der Waals surface area contributed by atoms with Gasteiger partial charge in [-0.1, -0.05) is 12.1 Å². The fraction of sp³-hybridized carbons (Fsp3) is 0.368. The molecule has 3 aromatic rings. The molecule has 1 unspecified atom stereocenters. The van der Waals surface area contributed by atoms with Crippen LogP contribution in [0.4, 0.5) is 5.82 Å². The number of nitrogens with zero attached hydrogens (tertiary/aromatic N) is 6. The van der Waals surface area contributed by atoms with Gasteiger partial charge in [0.05, 0.1) is 17.3 Å². The second-order valence-electron chi connectivity index (χ2n) is 6.90. The first-order valence-corrected chi connectivity index (χ1v) is 8.81. The van der Waals surface area contributed by atoms with Crippen molar-refractivity contribution in [3.8, 4) is 17.3 Å². The van der Waals surface area contributed by atoms with E-state index in [9.17, 15) is 0 Å². The van der Waals surface area contributed by atoms with Crippen LogP contribution >= 0.6 is 0 Å². The van der Waals surface area contributed by atoms with Crippen molar-refractivity contribution in [3.05, 3.63) is 42.2 Å². The van der Waals surface area contributed by atoms with E-state index < -0.39 is 0 Å². The van der Waals surface area contributed by atoms with Crippen LogP contribution in [0, 0.1) is 17.2 Å². The Hall–Kier alpha value is -2.94. The molecule has 2 aliphatic rings.